The summed E-state index contributed by atoms with van der Waals surface area (Å²) in [5.74, 6) is -2.41. The minimum Gasteiger partial charge on any atom is -0.497 e. The van der Waals surface area contributed by atoms with Gasteiger partial charge in [-0.05, 0) is 38.4 Å². The van der Waals surface area contributed by atoms with Gasteiger partial charge in [0.2, 0.25) is 5.91 Å². The number of aromatic nitrogens is 1. The molecule has 2 aliphatic rings. The predicted octanol–water partition coefficient (Wildman–Crippen LogP) is 1.30. The van der Waals surface area contributed by atoms with E-state index in [1.54, 1.807) is 24.1 Å². The standard InChI is InChI=1S/C28H35BN4O7S/c1-16(2)13-23(29-39-27(37)21-14-41-15-22(33(21)4)28(38)40-29)31-26(36)24(17(3)34)32-25(35)20-12-8-11-19(30-20)18-9-6-5-7-10-18/h5-12,16-17,21-24,34H,13-15H2,1-4H3,(H,31,36)(H,32,35)/t17?,21-,22-,23?,24?/m1/s1. The summed E-state index contributed by atoms with van der Waals surface area (Å²) >= 11 is 1.48. The van der Waals surface area contributed by atoms with Gasteiger partial charge in [0.05, 0.1) is 17.7 Å². The number of nitrogens with one attached hydrogen (secondary N) is 2. The number of fused-ring (bicyclic) bond motifs is 2. The summed E-state index contributed by atoms with van der Waals surface area (Å²) < 4.78 is 11.2. The third-order valence-corrected chi connectivity index (χ3v) is 8.13. The number of amides is 2. The van der Waals surface area contributed by atoms with Crippen molar-refractivity contribution in [3.8, 4) is 11.3 Å². The molecule has 2 bridgehead atoms. The molecule has 1 aromatic carbocycles. The van der Waals surface area contributed by atoms with Gasteiger partial charge < -0.3 is 25.0 Å². The number of rotatable bonds is 9. The summed E-state index contributed by atoms with van der Waals surface area (Å²) in [6.45, 7) is 5.19. The molecule has 3 unspecified atom stereocenters. The van der Waals surface area contributed by atoms with Crippen LogP contribution in [0.1, 0.15) is 37.7 Å². The number of hydrogen-bond donors (Lipinski definition) is 3. The monoisotopic (exact) mass is 582 g/mol. The van der Waals surface area contributed by atoms with E-state index in [1.165, 1.54) is 24.8 Å². The van der Waals surface area contributed by atoms with E-state index >= 15 is 0 Å². The first-order chi connectivity index (χ1) is 19.5. The largest absolute Gasteiger partial charge is 0.622 e. The molecular weight excluding hydrogens is 547 g/mol. The number of aliphatic hydroxyl groups is 1. The number of carbonyl (C=O) groups excluding carboxylic acids is 4. The van der Waals surface area contributed by atoms with Crippen LogP contribution >= 0.6 is 11.8 Å². The Bertz CT molecular complexity index is 1240. The van der Waals surface area contributed by atoms with Crippen LogP contribution in [-0.4, -0.2) is 94.6 Å². The zero-order valence-corrected chi connectivity index (χ0v) is 24.3. The molecule has 0 aliphatic carbocycles. The Labute approximate surface area is 243 Å². The Balaban J connectivity index is 1.51. The molecule has 218 valence electrons. The maximum atomic E-state index is 13.4. The molecule has 4 rings (SSSR count). The number of aliphatic hydroxyl groups excluding tert-OH is 1. The topological polar surface area (TPSA) is 147 Å². The zero-order valence-electron chi connectivity index (χ0n) is 23.5. The molecule has 2 fully saturated rings. The number of pyridine rings is 1. The average Bonchev–Trinajstić information content (AvgIpc) is 2.94. The first-order valence-electron chi connectivity index (χ1n) is 13.6. The highest BCUT2D eigenvalue weighted by Gasteiger charge is 2.48. The van der Waals surface area contributed by atoms with Crippen molar-refractivity contribution < 1.29 is 33.6 Å². The SMILES string of the molecule is CC(C)CC(NC(=O)C(NC(=O)c1cccc(-c2ccccc2)n1)C(C)O)B1OC(=O)[C@H]2CSC[C@H](C(=O)O1)N2C. The van der Waals surface area contributed by atoms with E-state index in [0.29, 0.717) is 23.6 Å². The van der Waals surface area contributed by atoms with Crippen molar-refractivity contribution in [1.82, 2.24) is 20.5 Å². The van der Waals surface area contributed by atoms with Crippen LogP contribution in [0.5, 0.6) is 0 Å². The third-order valence-electron chi connectivity index (χ3n) is 7.03. The number of benzene rings is 1. The van der Waals surface area contributed by atoms with Crippen LogP contribution in [0.15, 0.2) is 48.5 Å². The average molecular weight is 582 g/mol. The molecule has 2 amide bonds. The minimum absolute atomic E-state index is 0.0189. The Hall–Kier alpha value is -3.42. The molecule has 2 aliphatic heterocycles. The van der Waals surface area contributed by atoms with Gasteiger partial charge in [-0.3, -0.25) is 24.1 Å². The normalized spacial score (nSPS) is 21.6. The van der Waals surface area contributed by atoms with Crippen molar-refractivity contribution in [1.29, 1.82) is 0 Å². The molecule has 1 aromatic heterocycles. The summed E-state index contributed by atoms with van der Waals surface area (Å²) in [7, 11) is 0.323. The molecule has 5 atom stereocenters. The van der Waals surface area contributed by atoms with Crippen molar-refractivity contribution in [2.24, 2.45) is 5.92 Å². The smallest absolute Gasteiger partial charge is 0.497 e. The maximum Gasteiger partial charge on any atom is 0.622 e. The van der Waals surface area contributed by atoms with Crippen LogP contribution in [0.4, 0.5) is 0 Å². The molecule has 2 saturated heterocycles. The van der Waals surface area contributed by atoms with Gasteiger partial charge in [-0.25, -0.2) is 4.98 Å². The molecule has 2 aromatic rings. The van der Waals surface area contributed by atoms with Crippen molar-refractivity contribution in [2.45, 2.75) is 57.4 Å². The van der Waals surface area contributed by atoms with E-state index in [4.69, 9.17) is 9.31 Å². The molecule has 3 N–H and O–H groups in total. The molecule has 0 spiro atoms. The molecule has 0 radical (unpaired) electrons. The lowest BCUT2D eigenvalue weighted by molar-refractivity contribution is -0.153. The molecule has 41 heavy (non-hydrogen) atoms. The molecule has 3 heterocycles. The Morgan fingerprint density at radius 3 is 2.24 bits per heavy atom. The predicted molar refractivity (Wildman–Crippen MR) is 155 cm³/mol. The van der Waals surface area contributed by atoms with Crippen LogP contribution in [-0.2, 0) is 23.7 Å². The van der Waals surface area contributed by atoms with Gasteiger partial charge in [-0.2, -0.15) is 11.8 Å². The van der Waals surface area contributed by atoms with Crippen LogP contribution in [0.3, 0.4) is 0 Å². The van der Waals surface area contributed by atoms with Crippen LogP contribution < -0.4 is 10.6 Å². The molecule has 11 nitrogen and oxygen atoms in total. The minimum atomic E-state index is -1.36. The summed E-state index contributed by atoms with van der Waals surface area (Å²) in [5.41, 5.74) is 1.47. The fourth-order valence-corrected chi connectivity index (χ4v) is 6.08. The van der Waals surface area contributed by atoms with E-state index in [0.717, 1.165) is 5.56 Å². The number of nitrogens with zero attached hydrogens (tertiary/aromatic N) is 2. The van der Waals surface area contributed by atoms with Crippen LogP contribution in [0.2, 0.25) is 0 Å². The second kappa shape index (κ2) is 13.5. The summed E-state index contributed by atoms with van der Waals surface area (Å²) in [6, 6.07) is 11.7. The van der Waals surface area contributed by atoms with E-state index < -0.39 is 61.0 Å². The Morgan fingerprint density at radius 2 is 1.66 bits per heavy atom. The van der Waals surface area contributed by atoms with Gasteiger partial charge in [0.1, 0.15) is 23.8 Å². The quantitative estimate of drug-likeness (QED) is 0.370. The van der Waals surface area contributed by atoms with E-state index in [2.05, 4.69) is 15.6 Å². The van der Waals surface area contributed by atoms with Crippen LogP contribution in [0, 0.1) is 5.92 Å². The van der Waals surface area contributed by atoms with Gasteiger partial charge in [0.15, 0.2) is 0 Å². The second-order valence-corrected chi connectivity index (χ2v) is 11.8. The highest BCUT2D eigenvalue weighted by Crippen LogP contribution is 2.26. The van der Waals surface area contributed by atoms with Gasteiger partial charge in [-0.1, -0.05) is 50.2 Å². The third kappa shape index (κ3) is 7.46. The lowest BCUT2D eigenvalue weighted by Crippen LogP contribution is -2.63. The fraction of sp³-hybridized carbons (Fsp3) is 0.464. The van der Waals surface area contributed by atoms with Gasteiger partial charge >= 0.3 is 19.1 Å². The summed E-state index contributed by atoms with van der Waals surface area (Å²) in [5, 5.41) is 15.8. The van der Waals surface area contributed by atoms with E-state index in [1.807, 2.05) is 44.2 Å². The molecule has 0 saturated carbocycles. The Morgan fingerprint density at radius 1 is 1.02 bits per heavy atom. The number of thioether (sulfide) groups is 1. The summed E-state index contributed by atoms with van der Waals surface area (Å²) in [6.07, 6.45) is -0.971. The zero-order chi connectivity index (χ0) is 29.7. The number of carbonyl (C=O) groups is 4. The lowest BCUT2D eigenvalue weighted by Gasteiger charge is -2.40. The summed E-state index contributed by atoms with van der Waals surface area (Å²) in [4.78, 5) is 58.6. The van der Waals surface area contributed by atoms with E-state index in [9.17, 15) is 24.3 Å². The molecular formula is C28H35BN4O7S. The van der Waals surface area contributed by atoms with Crippen molar-refractivity contribution in [3.05, 3.63) is 54.2 Å². The first kappa shape index (κ1) is 30.5. The first-order valence-corrected chi connectivity index (χ1v) is 14.7. The van der Waals surface area contributed by atoms with Gasteiger partial charge in [-0.15, -0.1) is 0 Å². The van der Waals surface area contributed by atoms with Crippen molar-refractivity contribution in [3.63, 3.8) is 0 Å². The fourth-order valence-electron chi connectivity index (χ4n) is 4.76. The van der Waals surface area contributed by atoms with Crippen molar-refractivity contribution >= 4 is 42.6 Å². The molecule has 13 heteroatoms. The van der Waals surface area contributed by atoms with Gasteiger partial charge in [0.25, 0.3) is 5.91 Å². The second-order valence-electron chi connectivity index (χ2n) is 10.7. The highest BCUT2D eigenvalue weighted by atomic mass is 32.2. The maximum absolute atomic E-state index is 13.4. The van der Waals surface area contributed by atoms with Crippen molar-refractivity contribution in [2.75, 3.05) is 18.6 Å². The highest BCUT2D eigenvalue weighted by molar-refractivity contribution is 7.99. The number of likely N-dealkylation sites (N-methyl/N-ethyl adjacent to an activating group) is 1. The lowest BCUT2D eigenvalue weighted by atomic mass is 9.73. The number of hydrogen-bond acceptors (Lipinski definition) is 10. The van der Waals surface area contributed by atoms with E-state index in [-0.39, 0.29) is 11.6 Å². The van der Waals surface area contributed by atoms with Gasteiger partial charge in [0, 0.05) is 17.1 Å². The van der Waals surface area contributed by atoms with Crippen LogP contribution in [0.25, 0.3) is 11.3 Å². The Kier molecular flexibility index (Phi) is 10.1.